The van der Waals surface area contributed by atoms with Gasteiger partial charge in [-0.1, -0.05) is 12.1 Å². The molecule has 0 spiro atoms. The normalized spacial score (nSPS) is 10.3. The molecule has 0 atom stereocenters. The van der Waals surface area contributed by atoms with Crippen LogP contribution >= 0.6 is 11.8 Å². The molecule has 1 aromatic carbocycles. The summed E-state index contributed by atoms with van der Waals surface area (Å²) in [6, 6.07) is 9.81. The van der Waals surface area contributed by atoms with Crippen LogP contribution in [0.1, 0.15) is 5.56 Å². The van der Waals surface area contributed by atoms with Crippen molar-refractivity contribution in [2.45, 2.75) is 11.3 Å². The van der Waals surface area contributed by atoms with E-state index in [9.17, 15) is 9.18 Å². The number of nitrogens with two attached hydrogens (primary N) is 1. The number of carbonyl (C=O) groups excluding carboxylic acids is 1. The molecule has 2 rings (SSSR count). The molecule has 2 aromatic rings. The van der Waals surface area contributed by atoms with Gasteiger partial charge in [0.15, 0.2) is 0 Å². The molecule has 1 amide bonds. The van der Waals surface area contributed by atoms with Crippen molar-refractivity contribution in [1.29, 1.82) is 0 Å². The Labute approximate surface area is 127 Å². The summed E-state index contributed by atoms with van der Waals surface area (Å²) in [4.78, 5) is 16.6. The van der Waals surface area contributed by atoms with Crippen molar-refractivity contribution in [2.75, 3.05) is 18.0 Å². The predicted molar refractivity (Wildman–Crippen MR) is 82.5 cm³/mol. The van der Waals surface area contributed by atoms with E-state index in [1.807, 2.05) is 6.07 Å². The lowest BCUT2D eigenvalue weighted by Gasteiger charge is -2.05. The average molecular weight is 305 g/mol. The third-order valence-corrected chi connectivity index (χ3v) is 3.76. The molecule has 0 aliphatic rings. The lowest BCUT2D eigenvalue weighted by atomic mass is 10.1. The SMILES string of the molecule is Nc1ccc(SCC(=O)NCCc2ccc(F)cc2)cn1. The van der Waals surface area contributed by atoms with Gasteiger partial charge in [0.2, 0.25) is 5.91 Å². The van der Waals surface area contributed by atoms with Crippen LogP contribution in [0.3, 0.4) is 0 Å². The van der Waals surface area contributed by atoms with Crippen LogP contribution in [0.25, 0.3) is 0 Å². The van der Waals surface area contributed by atoms with Gasteiger partial charge in [0, 0.05) is 17.6 Å². The topological polar surface area (TPSA) is 68.0 Å². The summed E-state index contributed by atoms with van der Waals surface area (Å²) < 4.78 is 12.7. The zero-order valence-electron chi connectivity index (χ0n) is 11.4. The number of rotatable bonds is 6. The van der Waals surface area contributed by atoms with E-state index in [2.05, 4.69) is 10.3 Å². The van der Waals surface area contributed by atoms with Crippen molar-refractivity contribution in [2.24, 2.45) is 0 Å². The van der Waals surface area contributed by atoms with Crippen molar-refractivity contribution >= 4 is 23.5 Å². The quantitative estimate of drug-likeness (QED) is 0.803. The molecule has 0 bridgehead atoms. The lowest BCUT2D eigenvalue weighted by Crippen LogP contribution is -2.27. The number of thioether (sulfide) groups is 1. The predicted octanol–water partition coefficient (Wildman–Crippen LogP) is 2.25. The molecule has 0 fully saturated rings. The molecule has 1 heterocycles. The molecule has 1 aromatic heterocycles. The third kappa shape index (κ3) is 5.43. The van der Waals surface area contributed by atoms with Gasteiger partial charge in [-0.25, -0.2) is 9.37 Å². The number of carbonyl (C=O) groups is 1. The fraction of sp³-hybridized carbons (Fsp3) is 0.200. The second-order valence-corrected chi connectivity index (χ2v) is 5.48. The van der Waals surface area contributed by atoms with Gasteiger partial charge in [0.1, 0.15) is 11.6 Å². The molecule has 3 N–H and O–H groups in total. The number of amides is 1. The fourth-order valence-electron chi connectivity index (χ4n) is 1.67. The molecule has 110 valence electrons. The van der Waals surface area contributed by atoms with Crippen molar-refractivity contribution in [3.8, 4) is 0 Å². The van der Waals surface area contributed by atoms with Gasteiger partial charge in [0.05, 0.1) is 5.75 Å². The molecule has 0 saturated carbocycles. The van der Waals surface area contributed by atoms with Crippen LogP contribution < -0.4 is 11.1 Å². The summed E-state index contributed by atoms with van der Waals surface area (Å²) in [5.74, 6) is 0.494. The van der Waals surface area contributed by atoms with Gasteiger partial charge in [-0.3, -0.25) is 4.79 Å². The summed E-state index contributed by atoms with van der Waals surface area (Å²) in [5, 5.41) is 2.83. The Hall–Kier alpha value is -2.08. The van der Waals surface area contributed by atoms with Crippen LogP contribution in [0.2, 0.25) is 0 Å². The van der Waals surface area contributed by atoms with E-state index in [1.54, 1.807) is 24.4 Å². The maximum atomic E-state index is 12.7. The third-order valence-electron chi connectivity index (χ3n) is 2.78. The van der Waals surface area contributed by atoms with E-state index >= 15 is 0 Å². The molecule has 6 heteroatoms. The van der Waals surface area contributed by atoms with Gasteiger partial charge < -0.3 is 11.1 Å². The van der Waals surface area contributed by atoms with Crippen LogP contribution in [0.5, 0.6) is 0 Å². The standard InChI is InChI=1S/C15H16FN3OS/c16-12-3-1-11(2-4-12)7-8-18-15(20)10-21-13-5-6-14(17)19-9-13/h1-6,9H,7-8,10H2,(H2,17,19)(H,18,20). The van der Waals surface area contributed by atoms with E-state index < -0.39 is 0 Å². The number of nitrogens with one attached hydrogen (secondary N) is 1. The summed E-state index contributed by atoms with van der Waals surface area (Å²) in [5.41, 5.74) is 6.48. The van der Waals surface area contributed by atoms with Gasteiger partial charge >= 0.3 is 0 Å². The van der Waals surface area contributed by atoms with E-state index in [4.69, 9.17) is 5.73 Å². The number of anilines is 1. The first-order valence-corrected chi connectivity index (χ1v) is 7.47. The van der Waals surface area contributed by atoms with Crippen molar-refractivity contribution in [1.82, 2.24) is 10.3 Å². The molecule has 21 heavy (non-hydrogen) atoms. The number of pyridine rings is 1. The highest BCUT2D eigenvalue weighted by Crippen LogP contribution is 2.16. The van der Waals surface area contributed by atoms with Crippen LogP contribution in [-0.2, 0) is 11.2 Å². The minimum absolute atomic E-state index is 0.0427. The summed E-state index contributed by atoms with van der Waals surface area (Å²) in [7, 11) is 0. The maximum absolute atomic E-state index is 12.7. The zero-order valence-corrected chi connectivity index (χ0v) is 12.2. The summed E-state index contributed by atoms with van der Waals surface area (Å²) in [6.45, 7) is 0.533. The van der Waals surface area contributed by atoms with Crippen molar-refractivity contribution < 1.29 is 9.18 Å². The monoisotopic (exact) mass is 305 g/mol. The van der Waals surface area contributed by atoms with Gasteiger partial charge in [-0.2, -0.15) is 0 Å². The van der Waals surface area contributed by atoms with E-state index in [0.29, 0.717) is 24.5 Å². The first-order valence-electron chi connectivity index (χ1n) is 6.49. The van der Waals surface area contributed by atoms with Crippen molar-refractivity contribution in [3.63, 3.8) is 0 Å². The Morgan fingerprint density at radius 3 is 2.67 bits per heavy atom. The highest BCUT2D eigenvalue weighted by atomic mass is 32.2. The number of aromatic nitrogens is 1. The average Bonchev–Trinajstić information content (AvgIpc) is 2.49. The number of nitrogen functional groups attached to an aromatic ring is 1. The largest absolute Gasteiger partial charge is 0.384 e. The smallest absolute Gasteiger partial charge is 0.230 e. The maximum Gasteiger partial charge on any atom is 0.230 e. The zero-order chi connectivity index (χ0) is 15.1. The molecule has 4 nitrogen and oxygen atoms in total. The molecular formula is C15H16FN3OS. The van der Waals surface area contributed by atoms with E-state index in [-0.39, 0.29) is 11.7 Å². The second-order valence-electron chi connectivity index (χ2n) is 4.43. The first kappa shape index (κ1) is 15.3. The number of halogens is 1. The second kappa shape index (κ2) is 7.64. The number of nitrogens with zero attached hydrogens (tertiary/aromatic N) is 1. The fourth-order valence-corrected chi connectivity index (χ4v) is 2.37. The number of benzene rings is 1. The Morgan fingerprint density at radius 1 is 1.24 bits per heavy atom. The van der Waals surface area contributed by atoms with E-state index in [1.165, 1.54) is 23.9 Å². The van der Waals surface area contributed by atoms with Crippen LogP contribution in [0.4, 0.5) is 10.2 Å². The number of hydrogen-bond acceptors (Lipinski definition) is 4. The molecule has 0 aliphatic carbocycles. The van der Waals surface area contributed by atoms with E-state index in [0.717, 1.165) is 10.5 Å². The minimum atomic E-state index is -0.253. The van der Waals surface area contributed by atoms with Crippen molar-refractivity contribution in [3.05, 3.63) is 54.0 Å². The molecule has 0 radical (unpaired) electrons. The first-order chi connectivity index (χ1) is 10.1. The highest BCUT2D eigenvalue weighted by molar-refractivity contribution is 8.00. The molecule has 0 unspecified atom stereocenters. The van der Waals surface area contributed by atoms with Gasteiger partial charge in [-0.05, 0) is 36.2 Å². The molecular weight excluding hydrogens is 289 g/mol. The van der Waals surface area contributed by atoms with Crippen LogP contribution in [-0.4, -0.2) is 23.2 Å². The van der Waals surface area contributed by atoms with Crippen LogP contribution in [0.15, 0.2) is 47.5 Å². The number of hydrogen-bond donors (Lipinski definition) is 2. The Kier molecular flexibility index (Phi) is 5.57. The molecule has 0 saturated heterocycles. The van der Waals surface area contributed by atoms with Gasteiger partial charge in [-0.15, -0.1) is 11.8 Å². The van der Waals surface area contributed by atoms with Crippen LogP contribution in [0, 0.1) is 5.82 Å². The minimum Gasteiger partial charge on any atom is -0.384 e. The Morgan fingerprint density at radius 2 is 2.00 bits per heavy atom. The van der Waals surface area contributed by atoms with Gasteiger partial charge in [0.25, 0.3) is 0 Å². The molecule has 0 aliphatic heterocycles. The summed E-state index contributed by atoms with van der Waals surface area (Å²) in [6.07, 6.45) is 2.33. The summed E-state index contributed by atoms with van der Waals surface area (Å²) >= 11 is 1.41. The Balaban J connectivity index is 1.67. The lowest BCUT2D eigenvalue weighted by molar-refractivity contribution is -0.118. The highest BCUT2D eigenvalue weighted by Gasteiger charge is 2.03. The Bertz CT molecular complexity index is 587.